The molecule has 1 saturated heterocycles. The van der Waals surface area contributed by atoms with Gasteiger partial charge in [-0.1, -0.05) is 31.5 Å². The van der Waals surface area contributed by atoms with Gasteiger partial charge in [0.15, 0.2) is 5.82 Å². The Hall–Kier alpha value is -2.63. The lowest BCUT2D eigenvalue weighted by atomic mass is 10.2. The van der Waals surface area contributed by atoms with Crippen molar-refractivity contribution in [2.75, 3.05) is 31.1 Å². The maximum Gasteiger partial charge on any atom is 0.238 e. The molecule has 1 fully saturated rings. The van der Waals surface area contributed by atoms with Crippen molar-refractivity contribution in [2.24, 2.45) is 0 Å². The molecule has 0 radical (unpaired) electrons. The van der Waals surface area contributed by atoms with Crippen LogP contribution in [0.5, 0.6) is 11.6 Å². The van der Waals surface area contributed by atoms with Crippen molar-refractivity contribution < 1.29 is 9.53 Å². The summed E-state index contributed by atoms with van der Waals surface area (Å²) in [6, 6.07) is 13.3. The Balaban J connectivity index is 1.52. The first-order chi connectivity index (χ1) is 12.3. The number of aromatic nitrogens is 2. The lowest BCUT2D eigenvalue weighted by Gasteiger charge is -2.35. The molecule has 1 aliphatic heterocycles. The Labute approximate surface area is 148 Å². The van der Waals surface area contributed by atoms with Crippen LogP contribution in [0.1, 0.15) is 26.2 Å². The quantitative estimate of drug-likeness (QED) is 0.809. The van der Waals surface area contributed by atoms with Gasteiger partial charge < -0.3 is 14.5 Å². The molecule has 0 saturated carbocycles. The number of para-hydroxylation sites is 1. The lowest BCUT2D eigenvalue weighted by molar-refractivity contribution is -0.131. The number of piperazine rings is 1. The number of rotatable bonds is 6. The van der Waals surface area contributed by atoms with Crippen LogP contribution >= 0.6 is 0 Å². The average molecular weight is 340 g/mol. The standard InChI is InChI=1S/C19H24N4O2/c1-2-3-9-19(24)23-14-12-22(13-15-23)17-10-11-18(21-20-17)25-16-7-5-4-6-8-16/h4-8,10-11H,2-3,9,12-15H2,1H3. The van der Waals surface area contributed by atoms with Gasteiger partial charge in [0.25, 0.3) is 0 Å². The second-order valence-corrected chi connectivity index (χ2v) is 6.12. The Bertz CT molecular complexity index is 668. The molecular weight excluding hydrogens is 316 g/mol. The van der Waals surface area contributed by atoms with E-state index in [0.717, 1.165) is 50.6 Å². The molecule has 0 bridgehead atoms. The van der Waals surface area contributed by atoms with Gasteiger partial charge in [0.05, 0.1) is 0 Å². The second kappa shape index (κ2) is 8.46. The summed E-state index contributed by atoms with van der Waals surface area (Å²) in [5.41, 5.74) is 0. The first kappa shape index (κ1) is 17.2. The Morgan fingerprint density at radius 2 is 1.80 bits per heavy atom. The van der Waals surface area contributed by atoms with E-state index in [4.69, 9.17) is 4.74 Å². The molecule has 6 nitrogen and oxygen atoms in total. The smallest absolute Gasteiger partial charge is 0.238 e. The van der Waals surface area contributed by atoms with Crippen molar-refractivity contribution in [3.8, 4) is 11.6 Å². The summed E-state index contributed by atoms with van der Waals surface area (Å²) in [5.74, 6) is 2.30. The predicted molar refractivity (Wildman–Crippen MR) is 96.9 cm³/mol. The monoisotopic (exact) mass is 340 g/mol. The zero-order valence-electron chi connectivity index (χ0n) is 14.6. The summed E-state index contributed by atoms with van der Waals surface area (Å²) in [5, 5.41) is 8.41. The van der Waals surface area contributed by atoms with Gasteiger partial charge in [-0.25, -0.2) is 0 Å². The van der Waals surface area contributed by atoms with Crippen molar-refractivity contribution in [3.05, 3.63) is 42.5 Å². The molecular formula is C19H24N4O2. The summed E-state index contributed by atoms with van der Waals surface area (Å²) in [4.78, 5) is 16.2. The third kappa shape index (κ3) is 4.68. The summed E-state index contributed by atoms with van der Waals surface area (Å²) < 4.78 is 5.66. The zero-order chi connectivity index (χ0) is 17.5. The number of hydrogen-bond acceptors (Lipinski definition) is 5. The van der Waals surface area contributed by atoms with Crippen LogP contribution in [0.25, 0.3) is 0 Å². The Morgan fingerprint density at radius 3 is 2.44 bits per heavy atom. The van der Waals surface area contributed by atoms with Crippen LogP contribution < -0.4 is 9.64 Å². The molecule has 1 aromatic heterocycles. The number of carbonyl (C=O) groups excluding carboxylic acids is 1. The van der Waals surface area contributed by atoms with E-state index in [1.807, 2.05) is 47.4 Å². The average Bonchev–Trinajstić information content (AvgIpc) is 2.68. The van der Waals surface area contributed by atoms with Crippen LogP contribution in [0.15, 0.2) is 42.5 Å². The molecule has 1 amide bonds. The van der Waals surface area contributed by atoms with Crippen LogP contribution in [-0.4, -0.2) is 47.2 Å². The van der Waals surface area contributed by atoms with Crippen LogP contribution in [0.3, 0.4) is 0 Å². The largest absolute Gasteiger partial charge is 0.438 e. The number of ether oxygens (including phenoxy) is 1. The van der Waals surface area contributed by atoms with E-state index >= 15 is 0 Å². The molecule has 0 aliphatic carbocycles. The van der Waals surface area contributed by atoms with Gasteiger partial charge in [-0.05, 0) is 24.6 Å². The number of nitrogens with zero attached hydrogens (tertiary/aromatic N) is 4. The molecule has 132 valence electrons. The van der Waals surface area contributed by atoms with E-state index in [0.29, 0.717) is 12.3 Å². The molecule has 1 aliphatic rings. The molecule has 1 aromatic carbocycles. The molecule has 0 atom stereocenters. The van der Waals surface area contributed by atoms with Crippen LogP contribution in [-0.2, 0) is 4.79 Å². The van der Waals surface area contributed by atoms with Crippen molar-refractivity contribution in [3.63, 3.8) is 0 Å². The fourth-order valence-electron chi connectivity index (χ4n) is 2.82. The van der Waals surface area contributed by atoms with Gasteiger partial charge in [-0.2, -0.15) is 0 Å². The van der Waals surface area contributed by atoms with Crippen molar-refractivity contribution >= 4 is 11.7 Å². The van der Waals surface area contributed by atoms with E-state index in [-0.39, 0.29) is 5.91 Å². The van der Waals surface area contributed by atoms with E-state index in [1.54, 1.807) is 0 Å². The third-order valence-corrected chi connectivity index (χ3v) is 4.29. The first-order valence-electron chi connectivity index (χ1n) is 8.85. The van der Waals surface area contributed by atoms with E-state index in [9.17, 15) is 4.79 Å². The third-order valence-electron chi connectivity index (χ3n) is 4.29. The van der Waals surface area contributed by atoms with Gasteiger partial charge in [-0.15, -0.1) is 10.2 Å². The lowest BCUT2D eigenvalue weighted by Crippen LogP contribution is -2.49. The topological polar surface area (TPSA) is 58.6 Å². The van der Waals surface area contributed by atoms with Crippen LogP contribution in [0, 0.1) is 0 Å². The number of anilines is 1. The van der Waals surface area contributed by atoms with Crippen LogP contribution in [0.4, 0.5) is 5.82 Å². The van der Waals surface area contributed by atoms with Crippen molar-refractivity contribution in [2.45, 2.75) is 26.2 Å². The second-order valence-electron chi connectivity index (χ2n) is 6.12. The summed E-state index contributed by atoms with van der Waals surface area (Å²) >= 11 is 0. The minimum atomic E-state index is 0.263. The normalized spacial score (nSPS) is 14.4. The van der Waals surface area contributed by atoms with Gasteiger partial charge in [0.1, 0.15) is 5.75 Å². The summed E-state index contributed by atoms with van der Waals surface area (Å²) in [6.07, 6.45) is 2.67. The molecule has 2 heterocycles. The molecule has 0 N–H and O–H groups in total. The SMILES string of the molecule is CCCCC(=O)N1CCN(c2ccc(Oc3ccccc3)nn2)CC1. The van der Waals surface area contributed by atoms with Crippen molar-refractivity contribution in [1.29, 1.82) is 0 Å². The molecule has 0 spiro atoms. The van der Waals surface area contributed by atoms with Gasteiger partial charge in [0, 0.05) is 38.7 Å². The fraction of sp³-hybridized carbons (Fsp3) is 0.421. The predicted octanol–water partition coefficient (Wildman–Crippen LogP) is 3.11. The number of benzene rings is 1. The number of carbonyl (C=O) groups is 1. The van der Waals surface area contributed by atoms with Crippen molar-refractivity contribution in [1.82, 2.24) is 15.1 Å². The Morgan fingerprint density at radius 1 is 1.04 bits per heavy atom. The van der Waals surface area contributed by atoms with E-state index < -0.39 is 0 Å². The maximum atomic E-state index is 12.1. The van der Waals surface area contributed by atoms with Gasteiger partial charge in [-0.3, -0.25) is 4.79 Å². The minimum absolute atomic E-state index is 0.263. The maximum absolute atomic E-state index is 12.1. The summed E-state index contributed by atoms with van der Waals surface area (Å²) in [7, 11) is 0. The summed E-state index contributed by atoms with van der Waals surface area (Å²) in [6.45, 7) is 5.16. The zero-order valence-corrected chi connectivity index (χ0v) is 14.6. The molecule has 6 heteroatoms. The highest BCUT2D eigenvalue weighted by Gasteiger charge is 2.21. The number of amides is 1. The van der Waals surface area contributed by atoms with Gasteiger partial charge in [0.2, 0.25) is 11.8 Å². The first-order valence-corrected chi connectivity index (χ1v) is 8.85. The highest BCUT2D eigenvalue weighted by molar-refractivity contribution is 5.76. The number of unbranched alkanes of at least 4 members (excludes halogenated alkanes) is 1. The van der Waals surface area contributed by atoms with Gasteiger partial charge >= 0.3 is 0 Å². The Kier molecular flexibility index (Phi) is 5.82. The molecule has 3 rings (SSSR count). The van der Waals surface area contributed by atoms with Crippen LogP contribution in [0.2, 0.25) is 0 Å². The van der Waals surface area contributed by atoms with E-state index in [1.165, 1.54) is 0 Å². The van der Waals surface area contributed by atoms with E-state index in [2.05, 4.69) is 22.0 Å². The highest BCUT2D eigenvalue weighted by atomic mass is 16.5. The highest BCUT2D eigenvalue weighted by Crippen LogP contribution is 2.20. The molecule has 2 aromatic rings. The molecule has 0 unspecified atom stereocenters. The molecule has 25 heavy (non-hydrogen) atoms. The minimum Gasteiger partial charge on any atom is -0.438 e. The number of hydrogen-bond donors (Lipinski definition) is 0. The fourth-order valence-corrected chi connectivity index (χ4v) is 2.82.